The summed E-state index contributed by atoms with van der Waals surface area (Å²) in [5, 5.41) is 3.44. The van der Waals surface area contributed by atoms with E-state index >= 15 is 0 Å². The fraction of sp³-hybridized carbons (Fsp3) is 0.562. The van der Waals surface area contributed by atoms with Gasteiger partial charge in [0, 0.05) is 33.7 Å². The fourth-order valence-electron chi connectivity index (χ4n) is 2.75. The zero-order valence-corrected chi connectivity index (χ0v) is 13.1. The third-order valence-electron chi connectivity index (χ3n) is 3.94. The highest BCUT2D eigenvalue weighted by Gasteiger charge is 2.19. The molecule has 1 atom stereocenters. The van der Waals surface area contributed by atoms with Crippen LogP contribution in [0, 0.1) is 11.7 Å². The maximum Gasteiger partial charge on any atom is 0.193 e. The molecule has 0 radical (unpaired) electrons. The summed E-state index contributed by atoms with van der Waals surface area (Å²) >= 11 is 0. The predicted molar refractivity (Wildman–Crippen MR) is 84.8 cm³/mol. The highest BCUT2D eigenvalue weighted by molar-refractivity contribution is 5.79. The lowest BCUT2D eigenvalue weighted by molar-refractivity contribution is 0.390. The van der Waals surface area contributed by atoms with Crippen molar-refractivity contribution in [3.05, 3.63) is 35.6 Å². The smallest absolute Gasteiger partial charge is 0.193 e. The van der Waals surface area contributed by atoms with Gasteiger partial charge in [0.15, 0.2) is 5.96 Å². The van der Waals surface area contributed by atoms with E-state index in [2.05, 4.69) is 27.2 Å². The van der Waals surface area contributed by atoms with Crippen LogP contribution in [-0.2, 0) is 6.54 Å². The lowest BCUT2D eigenvalue weighted by atomic mass is 10.1. The first-order valence-corrected chi connectivity index (χ1v) is 7.43. The molecule has 1 aromatic rings. The number of likely N-dealkylation sites (tertiary alicyclic amines) is 1. The van der Waals surface area contributed by atoms with Gasteiger partial charge in [-0.3, -0.25) is 4.99 Å². The van der Waals surface area contributed by atoms with Crippen molar-refractivity contribution in [2.75, 3.05) is 40.8 Å². The molecule has 1 N–H and O–H groups in total. The van der Waals surface area contributed by atoms with Crippen LogP contribution < -0.4 is 5.32 Å². The molecule has 0 bridgehead atoms. The van der Waals surface area contributed by atoms with E-state index in [0.29, 0.717) is 12.5 Å². The molecule has 0 saturated carbocycles. The van der Waals surface area contributed by atoms with Crippen molar-refractivity contribution in [1.29, 1.82) is 0 Å². The predicted octanol–water partition coefficient (Wildman–Crippen LogP) is 1.78. The van der Waals surface area contributed by atoms with Gasteiger partial charge in [0.2, 0.25) is 0 Å². The number of nitrogens with one attached hydrogen (secondary N) is 1. The summed E-state index contributed by atoms with van der Waals surface area (Å²) in [6, 6.07) is 6.61. The molecule has 0 amide bonds. The second-order valence-electron chi connectivity index (χ2n) is 5.83. The van der Waals surface area contributed by atoms with E-state index in [-0.39, 0.29) is 5.82 Å². The van der Waals surface area contributed by atoms with E-state index in [1.807, 2.05) is 19.2 Å². The molecule has 1 unspecified atom stereocenters. The Morgan fingerprint density at radius 1 is 1.43 bits per heavy atom. The summed E-state index contributed by atoms with van der Waals surface area (Å²) in [6.45, 7) is 3.98. The quantitative estimate of drug-likeness (QED) is 0.678. The minimum atomic E-state index is -0.200. The van der Waals surface area contributed by atoms with Crippen molar-refractivity contribution in [2.24, 2.45) is 10.9 Å². The SMILES string of the molecule is CN=C(NCC1CCN(C)C1)N(C)Cc1ccc(F)cc1. The summed E-state index contributed by atoms with van der Waals surface area (Å²) in [5.74, 6) is 1.37. The lowest BCUT2D eigenvalue weighted by Crippen LogP contribution is -2.41. The van der Waals surface area contributed by atoms with Gasteiger partial charge in [0.25, 0.3) is 0 Å². The van der Waals surface area contributed by atoms with Crippen molar-refractivity contribution >= 4 is 5.96 Å². The first-order valence-electron chi connectivity index (χ1n) is 7.43. The second-order valence-corrected chi connectivity index (χ2v) is 5.83. The normalized spacial score (nSPS) is 19.8. The Hall–Kier alpha value is -1.62. The molecule has 0 spiro atoms. The molecule has 0 aromatic heterocycles. The van der Waals surface area contributed by atoms with E-state index in [0.717, 1.165) is 24.6 Å². The number of nitrogens with zero attached hydrogens (tertiary/aromatic N) is 3. The Balaban J connectivity index is 1.84. The number of guanidine groups is 1. The maximum atomic E-state index is 12.9. The Morgan fingerprint density at radius 2 is 2.14 bits per heavy atom. The van der Waals surface area contributed by atoms with Crippen LogP contribution in [-0.4, -0.2) is 56.5 Å². The minimum absolute atomic E-state index is 0.200. The van der Waals surface area contributed by atoms with Crippen LogP contribution in [0.15, 0.2) is 29.3 Å². The molecular weight excluding hydrogens is 267 g/mol. The Kier molecular flexibility index (Phi) is 5.56. The number of benzene rings is 1. The molecule has 1 aliphatic heterocycles. The van der Waals surface area contributed by atoms with E-state index < -0.39 is 0 Å². The average molecular weight is 292 g/mol. The van der Waals surface area contributed by atoms with Gasteiger partial charge in [0.1, 0.15) is 5.82 Å². The monoisotopic (exact) mass is 292 g/mol. The minimum Gasteiger partial charge on any atom is -0.356 e. The molecule has 21 heavy (non-hydrogen) atoms. The first kappa shape index (κ1) is 15.8. The fourth-order valence-corrected chi connectivity index (χ4v) is 2.75. The van der Waals surface area contributed by atoms with Crippen molar-refractivity contribution in [2.45, 2.75) is 13.0 Å². The molecular formula is C16H25FN4. The molecule has 1 saturated heterocycles. The van der Waals surface area contributed by atoms with Gasteiger partial charge in [-0.15, -0.1) is 0 Å². The summed E-state index contributed by atoms with van der Waals surface area (Å²) in [5.41, 5.74) is 1.07. The Labute approximate surface area is 126 Å². The van der Waals surface area contributed by atoms with E-state index in [1.165, 1.54) is 25.1 Å². The van der Waals surface area contributed by atoms with Crippen LogP contribution in [0.25, 0.3) is 0 Å². The molecule has 2 rings (SSSR count). The Bertz CT molecular complexity index is 472. The zero-order valence-electron chi connectivity index (χ0n) is 13.1. The van der Waals surface area contributed by atoms with Crippen molar-refractivity contribution in [3.63, 3.8) is 0 Å². The van der Waals surface area contributed by atoms with Crippen molar-refractivity contribution in [3.8, 4) is 0 Å². The van der Waals surface area contributed by atoms with Crippen molar-refractivity contribution < 1.29 is 4.39 Å². The topological polar surface area (TPSA) is 30.9 Å². The second kappa shape index (κ2) is 7.41. The van der Waals surface area contributed by atoms with Gasteiger partial charge in [-0.05, 0) is 43.6 Å². The van der Waals surface area contributed by atoms with Gasteiger partial charge >= 0.3 is 0 Å². The van der Waals surface area contributed by atoms with Crippen LogP contribution in [0.3, 0.4) is 0 Å². The molecule has 1 heterocycles. The maximum absolute atomic E-state index is 12.9. The standard InChI is InChI=1S/C16H25FN4/c1-18-16(19-10-14-8-9-20(2)11-14)21(3)12-13-4-6-15(17)7-5-13/h4-7,14H,8-12H2,1-3H3,(H,18,19). The zero-order chi connectivity index (χ0) is 15.2. The summed E-state index contributed by atoms with van der Waals surface area (Å²) in [4.78, 5) is 8.75. The van der Waals surface area contributed by atoms with Crippen LogP contribution in [0.2, 0.25) is 0 Å². The Morgan fingerprint density at radius 3 is 2.71 bits per heavy atom. The number of rotatable bonds is 4. The highest BCUT2D eigenvalue weighted by Crippen LogP contribution is 2.13. The largest absolute Gasteiger partial charge is 0.356 e. The average Bonchev–Trinajstić information content (AvgIpc) is 2.88. The number of aliphatic imine (C=N–C) groups is 1. The third kappa shape index (κ3) is 4.70. The van der Waals surface area contributed by atoms with Crippen LogP contribution in [0.4, 0.5) is 4.39 Å². The van der Waals surface area contributed by atoms with Gasteiger partial charge in [-0.25, -0.2) is 4.39 Å². The molecule has 4 nitrogen and oxygen atoms in total. The van der Waals surface area contributed by atoms with Gasteiger partial charge in [0.05, 0.1) is 0 Å². The molecule has 1 fully saturated rings. The van der Waals surface area contributed by atoms with Crippen LogP contribution in [0.5, 0.6) is 0 Å². The van der Waals surface area contributed by atoms with Crippen LogP contribution >= 0.6 is 0 Å². The molecule has 5 heteroatoms. The van der Waals surface area contributed by atoms with Gasteiger partial charge < -0.3 is 15.1 Å². The molecule has 1 aliphatic rings. The lowest BCUT2D eigenvalue weighted by Gasteiger charge is -2.23. The summed E-state index contributed by atoms with van der Waals surface area (Å²) in [6.07, 6.45) is 1.24. The van der Waals surface area contributed by atoms with Crippen molar-refractivity contribution in [1.82, 2.24) is 15.1 Å². The molecule has 116 valence electrons. The van der Waals surface area contributed by atoms with Crippen LogP contribution in [0.1, 0.15) is 12.0 Å². The number of hydrogen-bond donors (Lipinski definition) is 1. The first-order chi connectivity index (χ1) is 10.1. The number of hydrogen-bond acceptors (Lipinski definition) is 2. The molecule has 0 aliphatic carbocycles. The summed E-state index contributed by atoms with van der Waals surface area (Å²) in [7, 11) is 5.96. The molecule has 1 aromatic carbocycles. The van der Waals surface area contributed by atoms with E-state index in [4.69, 9.17) is 0 Å². The van der Waals surface area contributed by atoms with E-state index in [1.54, 1.807) is 7.05 Å². The third-order valence-corrected chi connectivity index (χ3v) is 3.94. The van der Waals surface area contributed by atoms with E-state index in [9.17, 15) is 4.39 Å². The van der Waals surface area contributed by atoms with Gasteiger partial charge in [-0.1, -0.05) is 12.1 Å². The summed E-state index contributed by atoms with van der Waals surface area (Å²) < 4.78 is 12.9. The van der Waals surface area contributed by atoms with Gasteiger partial charge in [-0.2, -0.15) is 0 Å². The highest BCUT2D eigenvalue weighted by atomic mass is 19.1. The number of halogens is 1.